The molecule has 3 aromatic rings. The third-order valence-electron chi connectivity index (χ3n) is 3.45. The zero-order valence-corrected chi connectivity index (χ0v) is 11.8. The summed E-state index contributed by atoms with van der Waals surface area (Å²) in [6, 6.07) is 12.4. The van der Waals surface area contributed by atoms with Crippen molar-refractivity contribution in [1.82, 2.24) is 10.2 Å². The van der Waals surface area contributed by atoms with E-state index in [1.165, 1.54) is 7.11 Å². The van der Waals surface area contributed by atoms with Gasteiger partial charge in [0, 0.05) is 16.5 Å². The van der Waals surface area contributed by atoms with Gasteiger partial charge in [-0.3, -0.25) is 9.89 Å². The lowest BCUT2D eigenvalue weighted by Crippen LogP contribution is -2.10. The van der Waals surface area contributed by atoms with Crippen LogP contribution < -0.4 is 10.5 Å². The second-order valence-corrected chi connectivity index (χ2v) is 4.72. The summed E-state index contributed by atoms with van der Waals surface area (Å²) in [4.78, 5) is 11.1. The molecule has 0 unspecified atom stereocenters. The molecule has 0 saturated carbocycles. The van der Waals surface area contributed by atoms with E-state index >= 15 is 0 Å². The number of H-pyrrole nitrogens is 1. The lowest BCUT2D eigenvalue weighted by molar-refractivity contribution is 0.100. The van der Waals surface area contributed by atoms with Crippen LogP contribution in [-0.2, 0) is 0 Å². The fraction of sp³-hybridized carbons (Fsp3) is 0.0625. The highest BCUT2D eigenvalue weighted by molar-refractivity contribution is 5.96. The summed E-state index contributed by atoms with van der Waals surface area (Å²) in [5.74, 6) is 0.0187. The first kappa shape index (κ1) is 13.6. The van der Waals surface area contributed by atoms with E-state index in [0.29, 0.717) is 22.6 Å². The van der Waals surface area contributed by atoms with Crippen LogP contribution in [-0.4, -0.2) is 23.2 Å². The Morgan fingerprint density at radius 2 is 2.05 bits per heavy atom. The Balaban J connectivity index is 2.15. The maximum atomic E-state index is 11.1. The third kappa shape index (κ3) is 2.15. The summed E-state index contributed by atoms with van der Waals surface area (Å²) >= 11 is 0. The number of nitrogens with two attached hydrogens (primary N) is 1. The molecule has 0 saturated heterocycles. The Labute approximate surface area is 126 Å². The molecule has 1 amide bonds. The molecule has 0 aliphatic rings. The van der Waals surface area contributed by atoms with E-state index in [4.69, 9.17) is 15.7 Å². The predicted octanol–water partition coefficient (Wildman–Crippen LogP) is 2.21. The maximum absolute atomic E-state index is 11.1. The number of fused-ring (bicyclic) bond motifs is 1. The highest BCUT2D eigenvalue weighted by Crippen LogP contribution is 2.31. The first-order valence-electron chi connectivity index (χ1n) is 6.50. The van der Waals surface area contributed by atoms with E-state index in [1.54, 1.807) is 36.4 Å². The molecule has 22 heavy (non-hydrogen) atoms. The summed E-state index contributed by atoms with van der Waals surface area (Å²) in [6.45, 7) is 0. The molecule has 0 aliphatic heterocycles. The number of amides is 1. The van der Waals surface area contributed by atoms with Gasteiger partial charge in [-0.25, -0.2) is 0 Å². The van der Waals surface area contributed by atoms with Crippen LogP contribution in [0.25, 0.3) is 22.2 Å². The van der Waals surface area contributed by atoms with Gasteiger partial charge in [0.25, 0.3) is 0 Å². The van der Waals surface area contributed by atoms with Crippen LogP contribution in [0, 0.1) is 11.3 Å². The van der Waals surface area contributed by atoms with E-state index in [-0.39, 0.29) is 0 Å². The van der Waals surface area contributed by atoms with Gasteiger partial charge in [-0.15, -0.1) is 0 Å². The van der Waals surface area contributed by atoms with Gasteiger partial charge in [0.2, 0.25) is 5.91 Å². The molecule has 0 aliphatic carbocycles. The average molecular weight is 292 g/mol. The minimum Gasteiger partial charge on any atom is -0.495 e. The van der Waals surface area contributed by atoms with Gasteiger partial charge in [0.1, 0.15) is 17.5 Å². The monoisotopic (exact) mass is 292 g/mol. The summed E-state index contributed by atoms with van der Waals surface area (Å²) in [5, 5.41) is 17.1. The SMILES string of the molecule is COc1cc2c(-c3ccc(C(N)=O)cc3)n[nH]c2cc1C#N. The molecule has 1 aromatic heterocycles. The van der Waals surface area contributed by atoms with Crippen LogP contribution in [0.5, 0.6) is 5.75 Å². The number of carbonyl (C=O) groups excluding carboxylic acids is 1. The van der Waals surface area contributed by atoms with Crippen molar-refractivity contribution in [2.45, 2.75) is 0 Å². The number of hydrogen-bond acceptors (Lipinski definition) is 4. The number of nitrogens with one attached hydrogen (secondary N) is 1. The fourth-order valence-corrected chi connectivity index (χ4v) is 2.31. The Morgan fingerprint density at radius 3 is 2.64 bits per heavy atom. The normalized spacial score (nSPS) is 10.4. The van der Waals surface area contributed by atoms with E-state index in [1.807, 2.05) is 0 Å². The number of aromatic nitrogens is 2. The van der Waals surface area contributed by atoms with Crippen LogP contribution >= 0.6 is 0 Å². The Bertz CT molecular complexity index is 904. The van der Waals surface area contributed by atoms with Crippen LogP contribution in [0.15, 0.2) is 36.4 Å². The van der Waals surface area contributed by atoms with Crippen molar-refractivity contribution < 1.29 is 9.53 Å². The van der Waals surface area contributed by atoms with Gasteiger partial charge >= 0.3 is 0 Å². The van der Waals surface area contributed by atoms with E-state index in [2.05, 4.69) is 16.3 Å². The second-order valence-electron chi connectivity index (χ2n) is 4.72. The number of primary amides is 1. The molecule has 2 aromatic carbocycles. The van der Waals surface area contributed by atoms with Gasteiger partial charge in [-0.1, -0.05) is 12.1 Å². The van der Waals surface area contributed by atoms with Crippen LogP contribution in [0.3, 0.4) is 0 Å². The van der Waals surface area contributed by atoms with E-state index in [0.717, 1.165) is 16.5 Å². The Morgan fingerprint density at radius 1 is 1.32 bits per heavy atom. The van der Waals surface area contributed by atoms with Gasteiger partial charge in [0.15, 0.2) is 0 Å². The standard InChI is InChI=1S/C16H12N4O2/c1-22-14-7-12-13(6-11(14)8-17)19-20-15(12)9-2-4-10(5-3-9)16(18)21/h2-7H,1H3,(H2,18,21)(H,19,20). The van der Waals surface area contributed by atoms with Crippen LogP contribution in [0.2, 0.25) is 0 Å². The summed E-state index contributed by atoms with van der Waals surface area (Å²) < 4.78 is 5.23. The molecule has 1 heterocycles. The number of benzene rings is 2. The number of rotatable bonds is 3. The van der Waals surface area contributed by atoms with Gasteiger partial charge < -0.3 is 10.5 Å². The number of hydrogen-bond donors (Lipinski definition) is 2. The largest absolute Gasteiger partial charge is 0.495 e. The topological polar surface area (TPSA) is 105 Å². The molecule has 0 radical (unpaired) electrons. The van der Waals surface area contributed by atoms with Gasteiger partial charge in [-0.2, -0.15) is 10.4 Å². The molecular formula is C16H12N4O2. The van der Waals surface area contributed by atoms with Crippen molar-refractivity contribution in [3.8, 4) is 23.1 Å². The molecule has 0 spiro atoms. The first-order valence-corrected chi connectivity index (χ1v) is 6.50. The molecule has 108 valence electrons. The maximum Gasteiger partial charge on any atom is 0.248 e. The van der Waals surface area contributed by atoms with Crippen molar-refractivity contribution in [3.63, 3.8) is 0 Å². The van der Waals surface area contributed by atoms with Crippen molar-refractivity contribution in [1.29, 1.82) is 5.26 Å². The molecule has 3 N–H and O–H groups in total. The molecule has 6 nitrogen and oxygen atoms in total. The predicted molar refractivity (Wildman–Crippen MR) is 81.3 cm³/mol. The Kier molecular flexibility index (Phi) is 3.24. The highest BCUT2D eigenvalue weighted by atomic mass is 16.5. The number of nitriles is 1. The minimum absolute atomic E-state index is 0.438. The highest BCUT2D eigenvalue weighted by Gasteiger charge is 2.13. The van der Waals surface area contributed by atoms with Crippen molar-refractivity contribution in [2.75, 3.05) is 7.11 Å². The summed E-state index contributed by atoms with van der Waals surface area (Å²) in [5.41, 5.74) is 8.41. The zero-order valence-electron chi connectivity index (χ0n) is 11.8. The van der Waals surface area contributed by atoms with Crippen LogP contribution in [0.4, 0.5) is 0 Å². The molecule has 0 atom stereocenters. The molecular weight excluding hydrogens is 280 g/mol. The lowest BCUT2D eigenvalue weighted by atomic mass is 10.0. The number of methoxy groups -OCH3 is 1. The van der Waals surface area contributed by atoms with Crippen molar-refractivity contribution in [2.24, 2.45) is 5.73 Å². The number of aromatic amines is 1. The zero-order chi connectivity index (χ0) is 15.7. The molecule has 0 bridgehead atoms. The van der Waals surface area contributed by atoms with Crippen molar-refractivity contribution in [3.05, 3.63) is 47.5 Å². The van der Waals surface area contributed by atoms with E-state index in [9.17, 15) is 4.79 Å². The fourth-order valence-electron chi connectivity index (χ4n) is 2.31. The third-order valence-corrected chi connectivity index (χ3v) is 3.45. The number of ether oxygens (including phenoxy) is 1. The van der Waals surface area contributed by atoms with Gasteiger partial charge in [-0.05, 0) is 24.3 Å². The molecule has 6 heteroatoms. The van der Waals surface area contributed by atoms with E-state index < -0.39 is 5.91 Å². The first-order chi connectivity index (χ1) is 10.6. The number of carbonyl (C=O) groups is 1. The average Bonchev–Trinajstić information content (AvgIpc) is 2.96. The smallest absolute Gasteiger partial charge is 0.248 e. The second kappa shape index (κ2) is 5.22. The lowest BCUT2D eigenvalue weighted by Gasteiger charge is -2.04. The summed E-state index contributed by atoms with van der Waals surface area (Å²) in [6.07, 6.45) is 0. The van der Waals surface area contributed by atoms with Crippen molar-refractivity contribution >= 4 is 16.8 Å². The minimum atomic E-state index is -0.473. The molecule has 3 rings (SSSR count). The number of nitrogens with zero attached hydrogens (tertiary/aromatic N) is 2. The van der Waals surface area contributed by atoms with Gasteiger partial charge in [0.05, 0.1) is 18.2 Å². The van der Waals surface area contributed by atoms with Crippen LogP contribution in [0.1, 0.15) is 15.9 Å². The Hall–Kier alpha value is -3.33. The molecule has 0 fully saturated rings. The summed E-state index contributed by atoms with van der Waals surface area (Å²) in [7, 11) is 1.52. The quantitative estimate of drug-likeness (QED) is 0.772.